The number of carbonyl (C=O) groups is 1. The van der Waals surface area contributed by atoms with Crippen LogP contribution in [-0.4, -0.2) is 57.3 Å². The van der Waals surface area contributed by atoms with Gasteiger partial charge in [-0.25, -0.2) is 4.98 Å². The molecule has 7 heteroatoms. The molecule has 2 rings (SSSR count). The van der Waals surface area contributed by atoms with E-state index < -0.39 is 6.29 Å². The van der Waals surface area contributed by atoms with Gasteiger partial charge >= 0.3 is 0 Å². The van der Waals surface area contributed by atoms with Crippen LogP contribution in [0.3, 0.4) is 0 Å². The summed E-state index contributed by atoms with van der Waals surface area (Å²) in [6, 6.07) is 3.36. The quantitative estimate of drug-likeness (QED) is 0.742. The predicted molar refractivity (Wildman–Crippen MR) is 74.2 cm³/mol. The van der Waals surface area contributed by atoms with Crippen LogP contribution in [0.15, 0.2) is 18.3 Å². The zero-order valence-corrected chi connectivity index (χ0v) is 12.2. The summed E-state index contributed by atoms with van der Waals surface area (Å²) in [6.45, 7) is 1.43. The number of carbonyl (C=O) groups excluding carboxylic acids is 1. The van der Waals surface area contributed by atoms with E-state index in [-0.39, 0.29) is 18.6 Å². The summed E-state index contributed by atoms with van der Waals surface area (Å²) in [5, 5.41) is 2.73. The monoisotopic (exact) mass is 296 g/mol. The van der Waals surface area contributed by atoms with Crippen LogP contribution in [0, 0.1) is 0 Å². The zero-order chi connectivity index (χ0) is 15.1. The van der Waals surface area contributed by atoms with Crippen LogP contribution in [0.25, 0.3) is 0 Å². The summed E-state index contributed by atoms with van der Waals surface area (Å²) in [4.78, 5) is 16.3. The summed E-state index contributed by atoms with van der Waals surface area (Å²) in [6.07, 6.45) is 1.85. The minimum Gasteiger partial charge on any atom is -0.471 e. The van der Waals surface area contributed by atoms with E-state index >= 15 is 0 Å². The third-order valence-corrected chi connectivity index (χ3v) is 3.14. The maximum Gasteiger partial charge on any atom is 0.256 e. The van der Waals surface area contributed by atoms with Crippen molar-refractivity contribution in [2.45, 2.75) is 18.8 Å². The summed E-state index contributed by atoms with van der Waals surface area (Å²) in [5.41, 5.74) is 0.385. The van der Waals surface area contributed by atoms with Crippen LogP contribution in [0.1, 0.15) is 16.8 Å². The number of aromatic nitrogens is 1. The van der Waals surface area contributed by atoms with Gasteiger partial charge in [0.1, 0.15) is 11.7 Å². The van der Waals surface area contributed by atoms with Crippen LogP contribution in [0.2, 0.25) is 0 Å². The first-order valence-corrected chi connectivity index (χ1v) is 6.77. The van der Waals surface area contributed by atoms with Gasteiger partial charge in [0.05, 0.1) is 19.8 Å². The van der Waals surface area contributed by atoms with Crippen molar-refractivity contribution < 1.29 is 23.7 Å². The van der Waals surface area contributed by atoms with E-state index in [2.05, 4.69) is 10.3 Å². The molecule has 0 aliphatic carbocycles. The third-order valence-electron chi connectivity index (χ3n) is 3.14. The minimum atomic E-state index is -0.488. The van der Waals surface area contributed by atoms with Gasteiger partial charge in [0.15, 0.2) is 6.29 Å². The highest BCUT2D eigenvalue weighted by Gasteiger charge is 2.21. The number of rotatable bonds is 7. The number of pyridine rings is 1. The molecule has 1 atom stereocenters. The molecule has 0 bridgehead atoms. The highest BCUT2D eigenvalue weighted by atomic mass is 16.7. The topological polar surface area (TPSA) is 78.9 Å². The Morgan fingerprint density at radius 2 is 2.33 bits per heavy atom. The average Bonchev–Trinajstić information content (AvgIpc) is 3.01. The highest BCUT2D eigenvalue weighted by Crippen LogP contribution is 2.19. The molecule has 1 aliphatic heterocycles. The standard InChI is InChI=1S/C14H20N2O5/c1-18-12(19-2)8-16-13(17)11-4-3-6-15-14(11)21-10-5-7-20-9-10/h3-4,6,10,12H,5,7-9H2,1-2H3,(H,16,17). The van der Waals surface area contributed by atoms with Crippen molar-refractivity contribution in [3.05, 3.63) is 23.9 Å². The van der Waals surface area contributed by atoms with E-state index in [4.69, 9.17) is 18.9 Å². The maximum atomic E-state index is 12.2. The van der Waals surface area contributed by atoms with Crippen LogP contribution >= 0.6 is 0 Å². The van der Waals surface area contributed by atoms with Crippen LogP contribution < -0.4 is 10.1 Å². The van der Waals surface area contributed by atoms with Crippen molar-refractivity contribution in [3.8, 4) is 5.88 Å². The number of methoxy groups -OCH3 is 2. The Bertz CT molecular complexity index is 458. The molecule has 1 amide bonds. The zero-order valence-electron chi connectivity index (χ0n) is 12.2. The lowest BCUT2D eigenvalue weighted by molar-refractivity contribution is -0.0974. The lowest BCUT2D eigenvalue weighted by Crippen LogP contribution is -2.34. The molecule has 1 aromatic rings. The third kappa shape index (κ3) is 4.38. The van der Waals surface area contributed by atoms with Gasteiger partial charge in [-0.2, -0.15) is 0 Å². The molecule has 0 saturated carbocycles. The Hall–Kier alpha value is -1.70. The lowest BCUT2D eigenvalue weighted by atomic mass is 10.2. The highest BCUT2D eigenvalue weighted by molar-refractivity contribution is 5.96. The molecule has 1 aromatic heterocycles. The largest absolute Gasteiger partial charge is 0.471 e. The van der Waals surface area contributed by atoms with Crippen molar-refractivity contribution in [1.82, 2.24) is 10.3 Å². The van der Waals surface area contributed by atoms with Gasteiger partial charge in [-0.15, -0.1) is 0 Å². The van der Waals surface area contributed by atoms with E-state index in [0.717, 1.165) is 6.42 Å². The summed E-state index contributed by atoms with van der Waals surface area (Å²) >= 11 is 0. The van der Waals surface area contributed by atoms with Crippen molar-refractivity contribution in [2.24, 2.45) is 0 Å². The number of nitrogens with zero attached hydrogens (tertiary/aromatic N) is 1. The maximum absolute atomic E-state index is 12.2. The van der Waals surface area contributed by atoms with Crippen LogP contribution in [0.5, 0.6) is 5.88 Å². The van der Waals surface area contributed by atoms with E-state index in [9.17, 15) is 4.79 Å². The van der Waals surface area contributed by atoms with E-state index in [1.807, 2.05) is 0 Å². The second kappa shape index (κ2) is 7.92. The van der Waals surface area contributed by atoms with Gasteiger partial charge in [0.2, 0.25) is 5.88 Å². The Labute approximate surface area is 123 Å². The molecule has 1 saturated heterocycles. The number of hydrogen-bond donors (Lipinski definition) is 1. The molecule has 0 spiro atoms. The fourth-order valence-electron chi connectivity index (χ4n) is 1.96. The molecular formula is C14H20N2O5. The second-order valence-electron chi connectivity index (χ2n) is 4.57. The molecular weight excluding hydrogens is 276 g/mol. The number of hydrogen-bond acceptors (Lipinski definition) is 6. The van der Waals surface area contributed by atoms with E-state index in [0.29, 0.717) is 24.7 Å². The number of nitrogens with one attached hydrogen (secondary N) is 1. The van der Waals surface area contributed by atoms with Gasteiger partial charge in [-0.05, 0) is 12.1 Å². The molecule has 1 unspecified atom stereocenters. The molecule has 1 N–H and O–H groups in total. The summed E-state index contributed by atoms with van der Waals surface area (Å²) < 4.78 is 21.0. The fourth-order valence-corrected chi connectivity index (χ4v) is 1.96. The van der Waals surface area contributed by atoms with Crippen molar-refractivity contribution in [3.63, 3.8) is 0 Å². The first kappa shape index (κ1) is 15.7. The average molecular weight is 296 g/mol. The molecule has 1 fully saturated rings. The first-order valence-electron chi connectivity index (χ1n) is 6.77. The molecule has 1 aliphatic rings. The van der Waals surface area contributed by atoms with Gasteiger partial charge in [0.25, 0.3) is 5.91 Å². The van der Waals surface area contributed by atoms with Gasteiger partial charge in [-0.1, -0.05) is 0 Å². The SMILES string of the molecule is COC(CNC(=O)c1cccnc1OC1CCOC1)OC. The van der Waals surface area contributed by atoms with Gasteiger partial charge < -0.3 is 24.3 Å². The Morgan fingerprint density at radius 3 is 3.00 bits per heavy atom. The normalized spacial score (nSPS) is 18.0. The fraction of sp³-hybridized carbons (Fsp3) is 0.571. The summed E-state index contributed by atoms with van der Waals surface area (Å²) in [5.74, 6) is 0.0352. The molecule has 21 heavy (non-hydrogen) atoms. The van der Waals surface area contributed by atoms with Crippen LogP contribution in [-0.2, 0) is 14.2 Å². The van der Waals surface area contributed by atoms with Crippen molar-refractivity contribution >= 4 is 5.91 Å². The molecule has 0 radical (unpaired) electrons. The predicted octanol–water partition coefficient (Wildman–Crippen LogP) is 0.598. The van der Waals surface area contributed by atoms with Crippen molar-refractivity contribution in [1.29, 1.82) is 0 Å². The summed E-state index contributed by atoms with van der Waals surface area (Å²) in [7, 11) is 3.03. The van der Waals surface area contributed by atoms with Gasteiger partial charge in [0, 0.05) is 26.8 Å². The van der Waals surface area contributed by atoms with E-state index in [1.165, 1.54) is 14.2 Å². The smallest absolute Gasteiger partial charge is 0.256 e. The molecule has 0 aromatic carbocycles. The minimum absolute atomic E-state index is 0.0582. The first-order chi connectivity index (χ1) is 10.2. The molecule has 7 nitrogen and oxygen atoms in total. The lowest BCUT2D eigenvalue weighted by Gasteiger charge is -2.16. The molecule has 116 valence electrons. The van der Waals surface area contributed by atoms with E-state index in [1.54, 1.807) is 18.3 Å². The number of amides is 1. The molecule has 2 heterocycles. The number of ether oxygens (including phenoxy) is 4. The Kier molecular flexibility index (Phi) is 5.91. The van der Waals surface area contributed by atoms with Crippen LogP contribution in [0.4, 0.5) is 0 Å². The Morgan fingerprint density at radius 1 is 1.52 bits per heavy atom. The van der Waals surface area contributed by atoms with Gasteiger partial charge in [-0.3, -0.25) is 4.79 Å². The van der Waals surface area contributed by atoms with Crippen molar-refractivity contribution in [2.75, 3.05) is 34.0 Å². The Balaban J connectivity index is 1.99. The second-order valence-corrected chi connectivity index (χ2v) is 4.57.